The van der Waals surface area contributed by atoms with Crippen molar-refractivity contribution in [2.75, 3.05) is 24.7 Å². The first-order valence-corrected chi connectivity index (χ1v) is 14.3. The summed E-state index contributed by atoms with van der Waals surface area (Å²) < 4.78 is 34.5. The van der Waals surface area contributed by atoms with Crippen molar-refractivity contribution in [1.29, 1.82) is 0 Å². The quantitative estimate of drug-likeness (QED) is 0.0787. The zero-order valence-corrected chi connectivity index (χ0v) is 23.2. The maximum absolute atomic E-state index is 12.7. The SMILES string of the molecule is Nc1nc2c(nc(Oc3nc4c(=O)[nH]c(N)nc4n3[C@@H]3O[C@H](COP(=O)(O)O)[C@@H](O)[C@H]3O)n2[C@@H]2O[C@H](CO)[C@@H](O)[C@H]2O)c(=O)[nH]1. The first-order chi connectivity index (χ1) is 21.2. The van der Waals surface area contributed by atoms with Crippen molar-refractivity contribution >= 4 is 42.0 Å². The first kappa shape index (κ1) is 30.9. The maximum Gasteiger partial charge on any atom is 0.469 e. The van der Waals surface area contributed by atoms with Gasteiger partial charge in [0.05, 0.1) is 13.2 Å². The number of aliphatic hydroxyl groups is 5. The molecule has 25 heteroatoms. The van der Waals surface area contributed by atoms with E-state index in [1.807, 2.05) is 0 Å². The summed E-state index contributed by atoms with van der Waals surface area (Å²) in [6.45, 7) is -1.60. The third-order valence-corrected chi connectivity index (χ3v) is 7.51. The zero-order valence-electron chi connectivity index (χ0n) is 22.3. The molecule has 2 fully saturated rings. The van der Waals surface area contributed by atoms with Gasteiger partial charge in [-0.2, -0.15) is 19.9 Å². The van der Waals surface area contributed by atoms with Crippen molar-refractivity contribution in [2.45, 2.75) is 49.1 Å². The van der Waals surface area contributed by atoms with E-state index in [0.29, 0.717) is 0 Å². The van der Waals surface area contributed by atoms with Gasteiger partial charge in [-0.25, -0.2) is 13.7 Å². The normalized spacial score (nSPS) is 28.9. The smallest absolute Gasteiger partial charge is 0.394 e. The Labute approximate surface area is 246 Å². The van der Waals surface area contributed by atoms with Gasteiger partial charge in [-0.3, -0.25) is 24.1 Å². The van der Waals surface area contributed by atoms with E-state index >= 15 is 0 Å². The first-order valence-electron chi connectivity index (χ1n) is 12.8. The zero-order chi connectivity index (χ0) is 32.5. The average Bonchev–Trinajstić information content (AvgIpc) is 3.65. The summed E-state index contributed by atoms with van der Waals surface area (Å²) in [5.74, 6) is -0.801. The molecule has 0 spiro atoms. The highest BCUT2D eigenvalue weighted by atomic mass is 31.2. The lowest BCUT2D eigenvalue weighted by atomic mass is 10.1. The Morgan fingerprint density at radius 3 is 1.64 bits per heavy atom. The molecule has 0 bridgehead atoms. The summed E-state index contributed by atoms with van der Waals surface area (Å²) in [4.78, 5) is 64.2. The second-order valence-electron chi connectivity index (χ2n) is 9.94. The topological polar surface area (TPSA) is 375 Å². The molecule has 0 amide bonds. The predicted octanol–water partition coefficient (Wildman–Crippen LogP) is -5.15. The number of nitrogen functional groups attached to an aromatic ring is 2. The van der Waals surface area contributed by atoms with Crippen LogP contribution in [-0.4, -0.2) is 124 Å². The van der Waals surface area contributed by atoms with Crippen LogP contribution in [0.1, 0.15) is 12.5 Å². The van der Waals surface area contributed by atoms with E-state index in [2.05, 4.69) is 34.4 Å². The fourth-order valence-corrected chi connectivity index (χ4v) is 5.33. The van der Waals surface area contributed by atoms with Gasteiger partial charge in [-0.15, -0.1) is 0 Å². The van der Waals surface area contributed by atoms with E-state index in [1.165, 1.54) is 0 Å². The summed E-state index contributed by atoms with van der Waals surface area (Å²) in [6.07, 6.45) is -13.2. The van der Waals surface area contributed by atoms with E-state index in [0.717, 1.165) is 9.13 Å². The number of H-pyrrole nitrogens is 2. The minimum absolute atomic E-state index is 0.314. The van der Waals surface area contributed by atoms with Gasteiger partial charge in [0.25, 0.3) is 11.1 Å². The number of hydrogen-bond donors (Lipinski definition) is 11. The average molecular weight is 660 g/mol. The summed E-state index contributed by atoms with van der Waals surface area (Å²) in [5.41, 5.74) is 8.15. The second kappa shape index (κ2) is 11.1. The lowest BCUT2D eigenvalue weighted by molar-refractivity contribution is -0.0567. The molecule has 2 aliphatic heterocycles. The minimum Gasteiger partial charge on any atom is -0.394 e. The van der Waals surface area contributed by atoms with Crippen molar-refractivity contribution in [2.24, 2.45) is 0 Å². The fraction of sp³-hybridized carbons (Fsp3) is 0.500. The number of imidazole rings is 2. The Hall–Kier alpha value is -4.07. The van der Waals surface area contributed by atoms with Crippen LogP contribution in [0, 0.1) is 0 Å². The van der Waals surface area contributed by atoms with Gasteiger partial charge in [0.1, 0.15) is 36.6 Å². The molecule has 24 nitrogen and oxygen atoms in total. The van der Waals surface area contributed by atoms with Gasteiger partial charge >= 0.3 is 19.8 Å². The Morgan fingerprint density at radius 1 is 0.778 bits per heavy atom. The number of anilines is 2. The Kier molecular flexibility index (Phi) is 7.61. The third-order valence-electron chi connectivity index (χ3n) is 7.03. The Bertz CT molecular complexity index is 1940. The van der Waals surface area contributed by atoms with Crippen molar-refractivity contribution in [1.82, 2.24) is 39.0 Å². The van der Waals surface area contributed by atoms with Crippen LogP contribution in [0.25, 0.3) is 22.3 Å². The largest absolute Gasteiger partial charge is 0.469 e. The predicted molar refractivity (Wildman–Crippen MR) is 142 cm³/mol. The standard InChI is InChI=1S/C20H25N10O14P/c21-17-25-11-5(13(36)27-17)23-19(29(11)15-9(34)7(32)3(1-31)42-15)44-20-24-6-12(26-18(22)28-14(6)37)30(20)16-10(35)8(33)4(43-16)2-41-45(38,39)40/h3-4,7-10,15-16,31-35H,1-2H2,(H2,38,39,40)(H3,21,25,27,36)(H3,22,26,28,37)/t3-,4-,7-,8-,9-,10-,15-,16-/m1/s1. The summed E-state index contributed by atoms with van der Waals surface area (Å²) >= 11 is 0. The van der Waals surface area contributed by atoms with Crippen LogP contribution in [0.5, 0.6) is 12.0 Å². The van der Waals surface area contributed by atoms with Crippen LogP contribution in [0.2, 0.25) is 0 Å². The molecule has 0 aromatic carbocycles. The molecule has 0 unspecified atom stereocenters. The van der Waals surface area contributed by atoms with Gasteiger partial charge in [0.15, 0.2) is 34.8 Å². The van der Waals surface area contributed by atoms with Crippen LogP contribution >= 0.6 is 7.82 Å². The highest BCUT2D eigenvalue weighted by molar-refractivity contribution is 7.46. The van der Waals surface area contributed by atoms with Crippen LogP contribution in [0.15, 0.2) is 9.59 Å². The number of nitrogens with zero attached hydrogens (tertiary/aromatic N) is 6. The van der Waals surface area contributed by atoms with Gasteiger partial charge < -0.3 is 61.0 Å². The maximum atomic E-state index is 12.7. The number of phosphoric ester groups is 1. The molecular formula is C20H25N10O14P. The minimum atomic E-state index is -5.02. The molecule has 13 N–H and O–H groups in total. The van der Waals surface area contributed by atoms with Gasteiger partial charge in [-0.1, -0.05) is 0 Å². The van der Waals surface area contributed by atoms with E-state index in [9.17, 15) is 39.7 Å². The van der Waals surface area contributed by atoms with Gasteiger partial charge in [-0.05, 0) is 0 Å². The summed E-state index contributed by atoms with van der Waals surface area (Å²) in [6, 6.07) is -1.26. The van der Waals surface area contributed by atoms with Crippen LogP contribution < -0.4 is 27.3 Å². The van der Waals surface area contributed by atoms with Crippen LogP contribution in [-0.2, 0) is 18.6 Å². The monoisotopic (exact) mass is 660 g/mol. The molecule has 2 aliphatic rings. The van der Waals surface area contributed by atoms with Crippen LogP contribution in [0.4, 0.5) is 11.9 Å². The molecule has 244 valence electrons. The van der Waals surface area contributed by atoms with Crippen molar-refractivity contribution in [3.63, 3.8) is 0 Å². The molecule has 6 heterocycles. The third kappa shape index (κ3) is 5.32. The molecule has 0 saturated carbocycles. The lowest BCUT2D eigenvalue weighted by Gasteiger charge is -2.21. The molecule has 4 aromatic rings. The Morgan fingerprint density at radius 2 is 1.22 bits per heavy atom. The number of phosphoric acid groups is 1. The highest BCUT2D eigenvalue weighted by Gasteiger charge is 2.48. The van der Waals surface area contributed by atoms with E-state index in [4.69, 9.17) is 35.5 Å². The number of hydrogen-bond acceptors (Lipinski definition) is 18. The molecular weight excluding hydrogens is 635 g/mol. The molecule has 4 aromatic heterocycles. The summed E-state index contributed by atoms with van der Waals surface area (Å²) in [7, 11) is -5.02. The van der Waals surface area contributed by atoms with Crippen molar-refractivity contribution < 1.29 is 58.6 Å². The molecule has 0 aliphatic carbocycles. The van der Waals surface area contributed by atoms with Crippen molar-refractivity contribution in [3.05, 3.63) is 20.7 Å². The van der Waals surface area contributed by atoms with Crippen LogP contribution in [0.3, 0.4) is 0 Å². The number of aromatic amines is 2. The van der Waals surface area contributed by atoms with Crippen molar-refractivity contribution in [3.8, 4) is 12.0 Å². The van der Waals surface area contributed by atoms with Gasteiger partial charge in [0.2, 0.25) is 11.9 Å². The fourth-order valence-electron chi connectivity index (χ4n) is 4.99. The molecule has 2 saturated heterocycles. The van der Waals surface area contributed by atoms with Gasteiger partial charge in [0, 0.05) is 0 Å². The van der Waals surface area contributed by atoms with E-state index in [1.54, 1.807) is 0 Å². The molecule has 8 atom stereocenters. The molecule has 45 heavy (non-hydrogen) atoms. The van der Waals surface area contributed by atoms with E-state index < -0.39 is 110 Å². The molecule has 6 rings (SSSR count). The lowest BCUT2D eigenvalue weighted by Crippen LogP contribution is -2.33. The highest BCUT2D eigenvalue weighted by Crippen LogP contribution is 2.41. The number of aromatic nitrogens is 8. The summed E-state index contributed by atoms with van der Waals surface area (Å²) in [5, 5.41) is 52.2. The number of nitrogens with one attached hydrogen (secondary N) is 2. The Balaban J connectivity index is 1.51. The molecule has 0 radical (unpaired) electrons. The number of rotatable bonds is 8. The van der Waals surface area contributed by atoms with E-state index in [-0.39, 0.29) is 17.2 Å². The second-order valence-corrected chi connectivity index (χ2v) is 11.2. The number of nitrogens with two attached hydrogens (primary N) is 2. The number of aliphatic hydroxyl groups excluding tert-OH is 5. The number of ether oxygens (including phenoxy) is 3. The number of fused-ring (bicyclic) bond motifs is 2.